The monoisotopic (exact) mass is 383 g/mol. The zero-order valence-electron chi connectivity index (χ0n) is 11.7. The van der Waals surface area contributed by atoms with E-state index >= 15 is 0 Å². The number of likely N-dealkylation sites (tertiary alicyclic amines) is 1. The van der Waals surface area contributed by atoms with Crippen molar-refractivity contribution in [1.82, 2.24) is 10.2 Å². The minimum atomic E-state index is -0.202. The first-order valence-corrected chi connectivity index (χ1v) is 7.12. The summed E-state index contributed by atoms with van der Waals surface area (Å²) < 4.78 is 5.59. The lowest BCUT2D eigenvalue weighted by atomic mass is 10.2. The van der Waals surface area contributed by atoms with Gasteiger partial charge in [-0.05, 0) is 32.6 Å². The van der Waals surface area contributed by atoms with Crippen molar-refractivity contribution >= 4 is 29.9 Å². The van der Waals surface area contributed by atoms with E-state index in [9.17, 15) is 5.11 Å². The molecule has 2 atom stereocenters. The van der Waals surface area contributed by atoms with Crippen molar-refractivity contribution in [1.29, 1.82) is 0 Å². The van der Waals surface area contributed by atoms with E-state index in [1.54, 1.807) is 0 Å². The van der Waals surface area contributed by atoms with Crippen LogP contribution in [0.1, 0.15) is 32.6 Å². The molecule has 2 rings (SSSR count). The number of nitrogens with one attached hydrogen (secondary N) is 1. The smallest absolute Gasteiger partial charge is 0.194 e. The number of ether oxygens (including phenoxy) is 1. The Morgan fingerprint density at radius 1 is 1.47 bits per heavy atom. The molecule has 0 spiro atoms. The van der Waals surface area contributed by atoms with E-state index in [-0.39, 0.29) is 30.1 Å². The van der Waals surface area contributed by atoms with Gasteiger partial charge in [0.1, 0.15) is 0 Å². The maximum atomic E-state index is 9.57. The first-order valence-electron chi connectivity index (χ1n) is 7.12. The Bertz CT molecular complexity index is 283. The van der Waals surface area contributed by atoms with E-state index in [1.807, 2.05) is 0 Å². The van der Waals surface area contributed by atoms with Crippen molar-refractivity contribution in [2.45, 2.75) is 44.8 Å². The zero-order valence-corrected chi connectivity index (χ0v) is 14.0. The van der Waals surface area contributed by atoms with Crippen LogP contribution in [0.2, 0.25) is 0 Å². The van der Waals surface area contributed by atoms with Gasteiger partial charge in [-0.2, -0.15) is 0 Å². The average molecular weight is 383 g/mol. The van der Waals surface area contributed by atoms with Gasteiger partial charge in [-0.3, -0.25) is 4.99 Å². The second-order valence-electron chi connectivity index (χ2n) is 5.05. The third-order valence-corrected chi connectivity index (χ3v) is 3.53. The van der Waals surface area contributed by atoms with Crippen LogP contribution in [0.4, 0.5) is 0 Å². The summed E-state index contributed by atoms with van der Waals surface area (Å²) in [6.45, 7) is 6.25. The van der Waals surface area contributed by atoms with Crippen molar-refractivity contribution in [3.63, 3.8) is 0 Å². The van der Waals surface area contributed by atoms with Crippen molar-refractivity contribution in [3.05, 3.63) is 0 Å². The topological polar surface area (TPSA) is 57.1 Å². The van der Waals surface area contributed by atoms with Gasteiger partial charge in [0.25, 0.3) is 0 Å². The highest BCUT2D eigenvalue weighted by Crippen LogP contribution is 2.15. The van der Waals surface area contributed by atoms with Gasteiger partial charge in [-0.25, -0.2) is 0 Å². The number of hydrogen-bond acceptors (Lipinski definition) is 3. The number of aliphatic imine (C=N–C) groups is 1. The summed E-state index contributed by atoms with van der Waals surface area (Å²) in [5.74, 6) is 0.937. The summed E-state index contributed by atoms with van der Waals surface area (Å²) in [6, 6.07) is 0. The average Bonchev–Trinajstić information content (AvgIpc) is 2.99. The molecule has 2 saturated heterocycles. The van der Waals surface area contributed by atoms with Crippen LogP contribution in [0.5, 0.6) is 0 Å². The number of nitrogens with zero attached hydrogens (tertiary/aromatic N) is 2. The van der Waals surface area contributed by atoms with Gasteiger partial charge in [0.15, 0.2) is 5.96 Å². The van der Waals surface area contributed by atoms with E-state index < -0.39 is 0 Å². The molecule has 0 aromatic rings. The van der Waals surface area contributed by atoms with Crippen molar-refractivity contribution in [2.24, 2.45) is 4.99 Å². The first kappa shape index (κ1) is 17.0. The molecule has 112 valence electrons. The maximum Gasteiger partial charge on any atom is 0.194 e. The summed E-state index contributed by atoms with van der Waals surface area (Å²) in [4.78, 5) is 6.78. The van der Waals surface area contributed by atoms with Crippen LogP contribution in [0.3, 0.4) is 0 Å². The molecule has 6 heteroatoms. The highest BCUT2D eigenvalue weighted by molar-refractivity contribution is 14.0. The van der Waals surface area contributed by atoms with Crippen LogP contribution in [0.15, 0.2) is 4.99 Å². The van der Waals surface area contributed by atoms with E-state index in [1.165, 1.54) is 12.8 Å². The second kappa shape index (κ2) is 8.97. The van der Waals surface area contributed by atoms with Crippen LogP contribution < -0.4 is 5.32 Å². The minimum Gasteiger partial charge on any atom is -0.391 e. The van der Waals surface area contributed by atoms with Crippen molar-refractivity contribution in [2.75, 3.05) is 32.8 Å². The summed E-state index contributed by atoms with van der Waals surface area (Å²) in [5, 5.41) is 12.9. The van der Waals surface area contributed by atoms with Gasteiger partial charge < -0.3 is 20.1 Å². The lowest BCUT2D eigenvalue weighted by molar-refractivity contribution is 0.106. The lowest BCUT2D eigenvalue weighted by Crippen LogP contribution is -2.40. The van der Waals surface area contributed by atoms with E-state index in [0.29, 0.717) is 12.6 Å². The van der Waals surface area contributed by atoms with Gasteiger partial charge in [0.05, 0.1) is 12.2 Å². The van der Waals surface area contributed by atoms with E-state index in [4.69, 9.17) is 4.74 Å². The van der Waals surface area contributed by atoms with Crippen LogP contribution >= 0.6 is 24.0 Å². The molecule has 2 aliphatic heterocycles. The molecule has 2 N–H and O–H groups in total. The van der Waals surface area contributed by atoms with E-state index in [2.05, 4.69) is 22.1 Å². The highest BCUT2D eigenvalue weighted by Gasteiger charge is 2.23. The van der Waals surface area contributed by atoms with Crippen LogP contribution in [-0.2, 0) is 4.74 Å². The predicted octanol–water partition coefficient (Wildman–Crippen LogP) is 1.21. The van der Waals surface area contributed by atoms with Crippen molar-refractivity contribution in [3.8, 4) is 0 Å². The molecule has 0 radical (unpaired) electrons. The molecule has 0 amide bonds. The Hall–Kier alpha value is -0.0800. The fourth-order valence-electron chi connectivity index (χ4n) is 2.55. The maximum absolute atomic E-state index is 9.57. The van der Waals surface area contributed by atoms with Gasteiger partial charge in [0, 0.05) is 32.8 Å². The fourth-order valence-corrected chi connectivity index (χ4v) is 2.55. The Morgan fingerprint density at radius 3 is 2.89 bits per heavy atom. The molecule has 2 aliphatic rings. The Kier molecular flexibility index (Phi) is 8.01. The summed E-state index contributed by atoms with van der Waals surface area (Å²) in [5.41, 5.74) is 0. The van der Waals surface area contributed by atoms with Crippen molar-refractivity contribution < 1.29 is 9.84 Å². The number of rotatable bonds is 4. The molecular weight excluding hydrogens is 357 g/mol. The minimum absolute atomic E-state index is 0. The normalized spacial score (nSPS) is 27.5. The van der Waals surface area contributed by atoms with Gasteiger partial charge in [0.2, 0.25) is 0 Å². The van der Waals surface area contributed by atoms with Crippen LogP contribution in [-0.4, -0.2) is 61.0 Å². The largest absolute Gasteiger partial charge is 0.391 e. The Labute approximate surface area is 132 Å². The molecule has 0 aliphatic carbocycles. The van der Waals surface area contributed by atoms with Crippen LogP contribution in [0, 0.1) is 0 Å². The molecular formula is C13H26IN3O2. The fraction of sp³-hybridized carbons (Fsp3) is 0.923. The third-order valence-electron chi connectivity index (χ3n) is 3.53. The number of aliphatic hydroxyl groups excluding tert-OH is 1. The Morgan fingerprint density at radius 2 is 2.32 bits per heavy atom. The predicted molar refractivity (Wildman–Crippen MR) is 87.2 cm³/mol. The van der Waals surface area contributed by atoms with Crippen LogP contribution in [0.25, 0.3) is 0 Å². The zero-order chi connectivity index (χ0) is 12.8. The Balaban J connectivity index is 0.00000180. The number of guanidine groups is 1. The third kappa shape index (κ3) is 5.43. The van der Waals surface area contributed by atoms with Gasteiger partial charge in [-0.1, -0.05) is 0 Å². The lowest BCUT2D eigenvalue weighted by Gasteiger charge is -2.21. The number of aliphatic hydroxyl groups is 1. The van der Waals surface area contributed by atoms with E-state index in [0.717, 1.165) is 45.0 Å². The van der Waals surface area contributed by atoms with Gasteiger partial charge in [-0.15, -0.1) is 24.0 Å². The van der Waals surface area contributed by atoms with Gasteiger partial charge >= 0.3 is 0 Å². The second-order valence-corrected chi connectivity index (χ2v) is 5.05. The molecule has 2 heterocycles. The summed E-state index contributed by atoms with van der Waals surface area (Å²) in [6.07, 6.45) is 4.41. The molecule has 5 nitrogen and oxygen atoms in total. The number of hydrogen-bond donors (Lipinski definition) is 2. The molecule has 0 aromatic carbocycles. The number of β-amino-alcohol motifs (C(OH)–C–C–N with tert-alkyl or cyclic N) is 1. The molecule has 1 unspecified atom stereocenters. The first-order chi connectivity index (χ1) is 8.79. The molecule has 0 bridgehead atoms. The molecule has 2 fully saturated rings. The molecule has 19 heavy (non-hydrogen) atoms. The standard InChI is InChI=1S/C13H25N3O2.HI/c1-2-14-13(16-8-6-11(17)10-16)15-7-5-12-4-3-9-18-12;/h11-12,17H,2-10H2,1H3,(H,14,15);1H/t11-,12?;/m1./s1. The quantitative estimate of drug-likeness (QED) is 0.435. The number of halogens is 1. The SMILES string of the molecule is CCNC(=NCCC1CCCO1)N1CC[C@@H](O)C1.I. The highest BCUT2D eigenvalue weighted by atomic mass is 127. The summed E-state index contributed by atoms with van der Waals surface area (Å²) in [7, 11) is 0. The summed E-state index contributed by atoms with van der Waals surface area (Å²) >= 11 is 0. The molecule has 0 saturated carbocycles. The molecule has 0 aromatic heterocycles.